The van der Waals surface area contributed by atoms with E-state index in [1.165, 1.54) is 24.9 Å². The molecule has 2 aromatic rings. The number of hydrogen-bond donors (Lipinski definition) is 3. The van der Waals surface area contributed by atoms with Crippen molar-refractivity contribution in [3.8, 4) is 5.75 Å². The molecule has 2 aromatic carbocycles. The van der Waals surface area contributed by atoms with Crippen molar-refractivity contribution in [2.24, 2.45) is 0 Å². The topological polar surface area (TPSA) is 64.6 Å². The molecule has 1 saturated heterocycles. The zero-order chi connectivity index (χ0) is 19.5. The fourth-order valence-corrected chi connectivity index (χ4v) is 3.81. The number of Topliss-reactive ketones (excluding diaryl/α,β-unsaturated/α-hetero) is 1. The standard InChI is InChI=1S/C23H25N3O2/c1-16-24-15-21(22(25-16)17-7-11-20(27)12-8-17)23(28)18-5-9-19(10-6-18)26-13-3-2-4-14-26/h5-12,15,22,24-25,27H,1-4,13-14H2. The molecule has 2 aliphatic rings. The van der Waals surface area contributed by atoms with Crippen LogP contribution in [0.25, 0.3) is 0 Å². The van der Waals surface area contributed by atoms with Gasteiger partial charge in [0.25, 0.3) is 0 Å². The van der Waals surface area contributed by atoms with Gasteiger partial charge in [-0.1, -0.05) is 18.7 Å². The lowest BCUT2D eigenvalue weighted by Gasteiger charge is -2.29. The third-order valence-electron chi connectivity index (χ3n) is 5.37. The van der Waals surface area contributed by atoms with E-state index in [1.54, 1.807) is 18.3 Å². The SMILES string of the molecule is C=C1NC=C(C(=O)c2ccc(N3CCCCC3)cc2)C(c2ccc(O)cc2)N1. The zero-order valence-electron chi connectivity index (χ0n) is 15.8. The molecule has 1 atom stereocenters. The van der Waals surface area contributed by atoms with Crippen LogP contribution in [0.3, 0.4) is 0 Å². The van der Waals surface area contributed by atoms with Gasteiger partial charge in [0.15, 0.2) is 5.78 Å². The maximum absolute atomic E-state index is 13.2. The Morgan fingerprint density at radius 3 is 2.36 bits per heavy atom. The maximum atomic E-state index is 13.2. The van der Waals surface area contributed by atoms with Gasteiger partial charge in [0.05, 0.1) is 11.9 Å². The van der Waals surface area contributed by atoms with Gasteiger partial charge in [0.1, 0.15) is 5.75 Å². The average molecular weight is 375 g/mol. The van der Waals surface area contributed by atoms with Crippen molar-refractivity contribution in [2.45, 2.75) is 25.3 Å². The Kier molecular flexibility index (Phi) is 5.06. The highest BCUT2D eigenvalue weighted by molar-refractivity contribution is 6.09. The number of rotatable bonds is 4. The van der Waals surface area contributed by atoms with Gasteiger partial charge in [-0.05, 0) is 61.2 Å². The Bertz CT molecular complexity index is 894. The molecule has 2 heterocycles. The van der Waals surface area contributed by atoms with Crippen molar-refractivity contribution >= 4 is 11.5 Å². The average Bonchev–Trinajstić information content (AvgIpc) is 2.74. The number of phenolic OH excluding ortho intramolecular Hbond substituents is 1. The number of carbonyl (C=O) groups is 1. The van der Waals surface area contributed by atoms with Gasteiger partial charge in [0, 0.05) is 36.1 Å². The highest BCUT2D eigenvalue weighted by atomic mass is 16.3. The van der Waals surface area contributed by atoms with Crippen LogP contribution in [0, 0.1) is 0 Å². The van der Waals surface area contributed by atoms with Crippen LogP contribution in [0.1, 0.15) is 41.2 Å². The predicted octanol–water partition coefficient (Wildman–Crippen LogP) is 3.85. The van der Waals surface area contributed by atoms with E-state index in [2.05, 4.69) is 22.1 Å². The molecule has 1 fully saturated rings. The van der Waals surface area contributed by atoms with Crippen LogP contribution in [0.4, 0.5) is 5.69 Å². The van der Waals surface area contributed by atoms with Crippen LogP contribution in [-0.2, 0) is 0 Å². The fraction of sp³-hybridized carbons (Fsp3) is 0.261. The molecule has 0 aromatic heterocycles. The van der Waals surface area contributed by atoms with E-state index in [4.69, 9.17) is 0 Å². The molecule has 4 rings (SSSR count). The van der Waals surface area contributed by atoms with Gasteiger partial charge in [0.2, 0.25) is 0 Å². The summed E-state index contributed by atoms with van der Waals surface area (Å²) >= 11 is 0. The number of nitrogens with zero attached hydrogens (tertiary/aromatic N) is 1. The summed E-state index contributed by atoms with van der Waals surface area (Å²) in [7, 11) is 0. The van der Waals surface area contributed by atoms with Crippen LogP contribution in [0.5, 0.6) is 5.75 Å². The predicted molar refractivity (Wildman–Crippen MR) is 111 cm³/mol. The molecule has 0 radical (unpaired) electrons. The second-order valence-corrected chi connectivity index (χ2v) is 7.32. The molecule has 144 valence electrons. The van der Waals surface area contributed by atoms with Crippen LogP contribution in [0.15, 0.2) is 72.7 Å². The van der Waals surface area contributed by atoms with E-state index in [0.29, 0.717) is 17.0 Å². The molecular weight excluding hydrogens is 350 g/mol. The van der Waals surface area contributed by atoms with E-state index in [-0.39, 0.29) is 17.6 Å². The first-order valence-corrected chi connectivity index (χ1v) is 9.72. The summed E-state index contributed by atoms with van der Waals surface area (Å²) in [5.41, 5.74) is 3.34. The lowest BCUT2D eigenvalue weighted by Crippen LogP contribution is -2.35. The number of aromatic hydroxyl groups is 1. The Hall–Kier alpha value is -3.21. The highest BCUT2D eigenvalue weighted by Gasteiger charge is 2.27. The molecular formula is C23H25N3O2. The van der Waals surface area contributed by atoms with E-state index in [9.17, 15) is 9.90 Å². The zero-order valence-corrected chi connectivity index (χ0v) is 15.8. The van der Waals surface area contributed by atoms with Gasteiger partial charge in [-0.3, -0.25) is 4.79 Å². The molecule has 0 saturated carbocycles. The smallest absolute Gasteiger partial charge is 0.192 e. The number of anilines is 1. The number of ketones is 1. The normalized spacial score (nSPS) is 19.4. The van der Waals surface area contributed by atoms with Crippen molar-refractivity contribution in [1.82, 2.24) is 10.6 Å². The quantitative estimate of drug-likeness (QED) is 0.709. The Balaban J connectivity index is 1.58. The van der Waals surface area contributed by atoms with E-state index >= 15 is 0 Å². The summed E-state index contributed by atoms with van der Waals surface area (Å²) in [5.74, 6) is 0.799. The summed E-state index contributed by atoms with van der Waals surface area (Å²) in [6.07, 6.45) is 5.47. The third-order valence-corrected chi connectivity index (χ3v) is 5.37. The van der Waals surface area contributed by atoms with Crippen molar-refractivity contribution in [1.29, 1.82) is 0 Å². The largest absolute Gasteiger partial charge is 0.508 e. The second-order valence-electron chi connectivity index (χ2n) is 7.32. The molecule has 28 heavy (non-hydrogen) atoms. The molecule has 0 spiro atoms. The van der Waals surface area contributed by atoms with Gasteiger partial charge in [-0.15, -0.1) is 0 Å². The third kappa shape index (κ3) is 3.74. The first-order chi connectivity index (χ1) is 13.6. The van der Waals surface area contributed by atoms with Gasteiger partial charge >= 0.3 is 0 Å². The molecule has 1 unspecified atom stereocenters. The number of benzene rings is 2. The van der Waals surface area contributed by atoms with Crippen molar-refractivity contribution in [3.63, 3.8) is 0 Å². The van der Waals surface area contributed by atoms with Gasteiger partial charge in [-0.2, -0.15) is 0 Å². The molecule has 3 N–H and O–H groups in total. The summed E-state index contributed by atoms with van der Waals surface area (Å²) in [6, 6.07) is 14.4. The molecule has 2 aliphatic heterocycles. The van der Waals surface area contributed by atoms with Crippen molar-refractivity contribution in [3.05, 3.63) is 83.8 Å². The summed E-state index contributed by atoms with van der Waals surface area (Å²) in [5, 5.41) is 15.8. The minimum atomic E-state index is -0.316. The number of hydrogen-bond acceptors (Lipinski definition) is 5. The second kappa shape index (κ2) is 7.80. The Morgan fingerprint density at radius 1 is 1.00 bits per heavy atom. The summed E-state index contributed by atoms with van der Waals surface area (Å²) in [6.45, 7) is 6.07. The molecule has 5 heteroatoms. The number of nitrogens with one attached hydrogen (secondary N) is 2. The first kappa shape index (κ1) is 18.2. The lowest BCUT2D eigenvalue weighted by atomic mass is 9.91. The first-order valence-electron chi connectivity index (χ1n) is 9.72. The van der Waals surface area contributed by atoms with Gasteiger partial charge in [-0.25, -0.2) is 0 Å². The van der Waals surface area contributed by atoms with Crippen LogP contribution in [-0.4, -0.2) is 24.0 Å². The Labute approximate surface area is 165 Å². The number of carbonyl (C=O) groups excluding carboxylic acids is 1. The lowest BCUT2D eigenvalue weighted by molar-refractivity contribution is 0.102. The van der Waals surface area contributed by atoms with E-state index in [1.807, 2.05) is 36.4 Å². The number of phenols is 1. The summed E-state index contributed by atoms with van der Waals surface area (Å²) < 4.78 is 0. The Morgan fingerprint density at radius 2 is 1.68 bits per heavy atom. The van der Waals surface area contributed by atoms with E-state index in [0.717, 1.165) is 18.7 Å². The highest BCUT2D eigenvalue weighted by Crippen LogP contribution is 2.29. The molecule has 5 nitrogen and oxygen atoms in total. The number of piperidine rings is 1. The van der Waals surface area contributed by atoms with Crippen molar-refractivity contribution < 1.29 is 9.90 Å². The minimum absolute atomic E-state index is 0.0317. The van der Waals surface area contributed by atoms with Crippen LogP contribution >= 0.6 is 0 Å². The maximum Gasteiger partial charge on any atom is 0.192 e. The minimum Gasteiger partial charge on any atom is -0.508 e. The molecule has 0 aliphatic carbocycles. The molecule has 0 bridgehead atoms. The molecule has 0 amide bonds. The van der Waals surface area contributed by atoms with Crippen LogP contribution < -0.4 is 15.5 Å². The van der Waals surface area contributed by atoms with Gasteiger partial charge < -0.3 is 20.6 Å². The monoisotopic (exact) mass is 375 g/mol. The summed E-state index contributed by atoms with van der Waals surface area (Å²) in [4.78, 5) is 15.6. The van der Waals surface area contributed by atoms with Crippen LogP contribution in [0.2, 0.25) is 0 Å². The van der Waals surface area contributed by atoms with E-state index < -0.39 is 0 Å². The fourth-order valence-electron chi connectivity index (χ4n) is 3.81. The van der Waals surface area contributed by atoms with Crippen molar-refractivity contribution in [2.75, 3.05) is 18.0 Å².